The third kappa shape index (κ3) is 5.58. The summed E-state index contributed by atoms with van der Waals surface area (Å²) in [6.45, 7) is 5.12. The maximum atomic E-state index is 12.9. The van der Waals surface area contributed by atoms with E-state index in [1.165, 1.54) is 0 Å². The summed E-state index contributed by atoms with van der Waals surface area (Å²) < 4.78 is 0. The average Bonchev–Trinajstić information content (AvgIpc) is 2.75. The van der Waals surface area contributed by atoms with E-state index >= 15 is 0 Å². The Hall–Kier alpha value is -2.37. The van der Waals surface area contributed by atoms with Gasteiger partial charge < -0.3 is 15.5 Å². The molecular weight excluding hydrogens is 366 g/mol. The van der Waals surface area contributed by atoms with Crippen molar-refractivity contribution in [3.63, 3.8) is 0 Å². The Kier molecular flexibility index (Phi) is 7.29. The number of hydrogen-bond donors (Lipinski definition) is 2. The highest BCUT2D eigenvalue weighted by molar-refractivity contribution is 5.94. The maximum absolute atomic E-state index is 12.9. The van der Waals surface area contributed by atoms with Crippen molar-refractivity contribution in [3.8, 4) is 0 Å². The van der Waals surface area contributed by atoms with Crippen LogP contribution in [0, 0.1) is 11.8 Å². The number of hydrogen-bond acceptors (Lipinski definition) is 3. The highest BCUT2D eigenvalue weighted by Gasteiger charge is 2.32. The Bertz CT molecular complexity index is 711. The summed E-state index contributed by atoms with van der Waals surface area (Å²) in [7, 11) is 0. The van der Waals surface area contributed by atoms with Crippen molar-refractivity contribution in [3.05, 3.63) is 35.9 Å². The molecule has 1 saturated carbocycles. The van der Waals surface area contributed by atoms with E-state index in [0.29, 0.717) is 31.5 Å². The van der Waals surface area contributed by atoms with E-state index in [-0.39, 0.29) is 41.6 Å². The molecule has 1 saturated heterocycles. The van der Waals surface area contributed by atoms with Crippen molar-refractivity contribution in [1.82, 2.24) is 15.5 Å². The summed E-state index contributed by atoms with van der Waals surface area (Å²) in [5, 5.41) is 6.33. The molecule has 1 heterocycles. The molecule has 2 fully saturated rings. The van der Waals surface area contributed by atoms with Crippen LogP contribution in [0.1, 0.15) is 62.7 Å². The van der Waals surface area contributed by atoms with Crippen LogP contribution in [0.4, 0.5) is 0 Å². The van der Waals surface area contributed by atoms with Crippen molar-refractivity contribution in [1.29, 1.82) is 0 Å². The van der Waals surface area contributed by atoms with Gasteiger partial charge in [0.2, 0.25) is 11.8 Å². The van der Waals surface area contributed by atoms with E-state index in [9.17, 15) is 14.4 Å². The Balaban J connectivity index is 1.53. The van der Waals surface area contributed by atoms with Crippen LogP contribution >= 0.6 is 0 Å². The van der Waals surface area contributed by atoms with Crippen LogP contribution in [0.3, 0.4) is 0 Å². The molecule has 0 spiro atoms. The summed E-state index contributed by atoms with van der Waals surface area (Å²) in [6.07, 6.45) is 5.29. The van der Waals surface area contributed by atoms with Crippen LogP contribution in [0.2, 0.25) is 0 Å². The summed E-state index contributed by atoms with van der Waals surface area (Å²) in [5.74, 6) is 0.0831. The lowest BCUT2D eigenvalue weighted by Gasteiger charge is -2.36. The molecule has 158 valence electrons. The van der Waals surface area contributed by atoms with Crippen LogP contribution < -0.4 is 10.6 Å². The number of carbonyl (C=O) groups is 3. The van der Waals surface area contributed by atoms with Gasteiger partial charge in [-0.05, 0) is 37.8 Å². The molecule has 0 aromatic heterocycles. The van der Waals surface area contributed by atoms with Gasteiger partial charge in [-0.25, -0.2) is 0 Å². The number of benzene rings is 1. The molecule has 6 heteroatoms. The number of amides is 3. The topological polar surface area (TPSA) is 78.5 Å². The average molecular weight is 400 g/mol. The van der Waals surface area contributed by atoms with Gasteiger partial charge in [-0.1, -0.05) is 44.9 Å². The molecule has 1 aromatic carbocycles. The number of nitrogens with zero attached hydrogens (tertiary/aromatic N) is 1. The lowest BCUT2D eigenvalue weighted by Crippen LogP contribution is -2.55. The normalized spacial score (nSPS) is 22.9. The van der Waals surface area contributed by atoms with Crippen LogP contribution in [0.5, 0.6) is 0 Å². The zero-order valence-corrected chi connectivity index (χ0v) is 17.5. The maximum Gasteiger partial charge on any atom is 0.251 e. The summed E-state index contributed by atoms with van der Waals surface area (Å²) >= 11 is 0. The predicted octanol–water partition coefficient (Wildman–Crippen LogP) is 2.74. The second-order valence-corrected chi connectivity index (χ2v) is 8.60. The minimum absolute atomic E-state index is 0.00315. The Morgan fingerprint density at radius 1 is 0.897 bits per heavy atom. The number of carbonyl (C=O) groups excluding carboxylic acids is 3. The number of rotatable bonds is 5. The highest BCUT2D eigenvalue weighted by Crippen LogP contribution is 2.23. The van der Waals surface area contributed by atoms with Gasteiger partial charge in [0, 0.05) is 42.6 Å². The highest BCUT2D eigenvalue weighted by atomic mass is 16.2. The lowest BCUT2D eigenvalue weighted by molar-refractivity contribution is -0.138. The molecule has 0 unspecified atom stereocenters. The van der Waals surface area contributed by atoms with Crippen molar-refractivity contribution in [2.45, 2.75) is 64.5 Å². The quantitative estimate of drug-likeness (QED) is 0.799. The van der Waals surface area contributed by atoms with Gasteiger partial charge in [-0.2, -0.15) is 0 Å². The van der Waals surface area contributed by atoms with Crippen molar-refractivity contribution in [2.75, 3.05) is 13.1 Å². The largest absolute Gasteiger partial charge is 0.351 e. The van der Waals surface area contributed by atoms with E-state index in [0.717, 1.165) is 25.7 Å². The van der Waals surface area contributed by atoms with Crippen LogP contribution in [0.25, 0.3) is 0 Å². The molecule has 0 bridgehead atoms. The standard InChI is InChI=1S/C23H33N3O3/c1-16(2)23(29)26-14-12-18(13-15-26)22(28)25-20-11-7-6-10-19(20)24-21(27)17-8-4-3-5-9-17/h3-5,8-9,16,18-20H,6-7,10-15H2,1-2H3,(H,24,27)(H,25,28)/t19-,20-/m1/s1. The Morgan fingerprint density at radius 3 is 2.07 bits per heavy atom. The molecular formula is C23H33N3O3. The minimum Gasteiger partial charge on any atom is -0.351 e. The van der Waals surface area contributed by atoms with E-state index in [2.05, 4.69) is 10.6 Å². The molecule has 0 radical (unpaired) electrons. The fourth-order valence-electron chi connectivity index (χ4n) is 4.35. The van der Waals surface area contributed by atoms with E-state index in [1.54, 1.807) is 12.1 Å². The smallest absolute Gasteiger partial charge is 0.251 e. The lowest BCUT2D eigenvalue weighted by atomic mass is 9.88. The fourth-order valence-corrected chi connectivity index (χ4v) is 4.35. The SMILES string of the molecule is CC(C)C(=O)N1CCC(C(=O)N[C@@H]2CCCC[C@H]2NC(=O)c2ccccc2)CC1. The molecule has 3 amide bonds. The fraction of sp³-hybridized carbons (Fsp3) is 0.609. The third-order valence-electron chi connectivity index (χ3n) is 6.12. The number of piperidine rings is 1. The van der Waals surface area contributed by atoms with Crippen LogP contribution in [-0.4, -0.2) is 47.8 Å². The monoisotopic (exact) mass is 399 g/mol. The number of likely N-dealkylation sites (tertiary alicyclic amines) is 1. The molecule has 29 heavy (non-hydrogen) atoms. The van der Waals surface area contributed by atoms with Gasteiger partial charge in [0.25, 0.3) is 5.91 Å². The Labute approximate surface area is 173 Å². The molecule has 2 N–H and O–H groups in total. The van der Waals surface area contributed by atoms with Crippen LogP contribution in [0.15, 0.2) is 30.3 Å². The molecule has 3 rings (SSSR count). The summed E-state index contributed by atoms with van der Waals surface area (Å²) in [4.78, 5) is 39.4. The van der Waals surface area contributed by atoms with Gasteiger partial charge in [-0.3, -0.25) is 14.4 Å². The first kappa shape index (κ1) is 21.3. The van der Waals surface area contributed by atoms with Gasteiger partial charge in [0.15, 0.2) is 0 Å². The molecule has 2 aliphatic rings. The van der Waals surface area contributed by atoms with E-state index in [1.807, 2.05) is 36.9 Å². The second-order valence-electron chi connectivity index (χ2n) is 8.60. The molecule has 6 nitrogen and oxygen atoms in total. The van der Waals surface area contributed by atoms with Crippen molar-refractivity contribution >= 4 is 17.7 Å². The minimum atomic E-state index is -0.0859. The zero-order chi connectivity index (χ0) is 20.8. The molecule has 1 aliphatic heterocycles. The third-order valence-corrected chi connectivity index (χ3v) is 6.12. The Morgan fingerprint density at radius 2 is 1.48 bits per heavy atom. The molecule has 2 atom stereocenters. The first-order valence-electron chi connectivity index (χ1n) is 10.9. The first-order valence-corrected chi connectivity index (χ1v) is 10.9. The van der Waals surface area contributed by atoms with E-state index < -0.39 is 0 Å². The van der Waals surface area contributed by atoms with Gasteiger partial charge in [0.1, 0.15) is 0 Å². The summed E-state index contributed by atoms with van der Waals surface area (Å²) in [6, 6.07) is 9.13. The molecule has 1 aromatic rings. The van der Waals surface area contributed by atoms with E-state index in [4.69, 9.17) is 0 Å². The van der Waals surface area contributed by atoms with Crippen molar-refractivity contribution < 1.29 is 14.4 Å². The van der Waals surface area contributed by atoms with Gasteiger partial charge in [0.05, 0.1) is 0 Å². The molecule has 1 aliphatic carbocycles. The zero-order valence-electron chi connectivity index (χ0n) is 17.5. The van der Waals surface area contributed by atoms with Gasteiger partial charge >= 0.3 is 0 Å². The van der Waals surface area contributed by atoms with Crippen molar-refractivity contribution in [2.24, 2.45) is 11.8 Å². The number of nitrogens with one attached hydrogen (secondary N) is 2. The summed E-state index contributed by atoms with van der Waals surface area (Å²) in [5.41, 5.74) is 0.644. The second kappa shape index (κ2) is 9.90. The van der Waals surface area contributed by atoms with Gasteiger partial charge in [-0.15, -0.1) is 0 Å². The van der Waals surface area contributed by atoms with Crippen LogP contribution in [-0.2, 0) is 9.59 Å². The first-order chi connectivity index (χ1) is 14.0. The predicted molar refractivity (Wildman–Crippen MR) is 112 cm³/mol.